The Hall–Kier alpha value is -2.67. The maximum absolute atomic E-state index is 4.62. The van der Waals surface area contributed by atoms with Crippen LogP contribution in [0.25, 0.3) is 28.0 Å². The molecule has 0 saturated carbocycles. The molecule has 0 N–H and O–H groups in total. The topological polar surface area (TPSA) is 3.88 Å². The van der Waals surface area contributed by atoms with Gasteiger partial charge in [0.2, 0.25) is 5.69 Å². The molecule has 0 bridgehead atoms. The van der Waals surface area contributed by atoms with Crippen molar-refractivity contribution in [1.29, 1.82) is 0 Å². The fourth-order valence-electron chi connectivity index (χ4n) is 5.37. The fraction of sp³-hybridized carbons (Fsp3) is 0.367. The van der Waals surface area contributed by atoms with Crippen molar-refractivity contribution < 1.29 is 4.57 Å². The molecular weight excluding hydrogens is 374 g/mol. The van der Waals surface area contributed by atoms with Crippen molar-refractivity contribution in [1.82, 2.24) is 0 Å². The first-order chi connectivity index (χ1) is 15.2. The molecule has 4 rings (SSSR count). The van der Waals surface area contributed by atoms with E-state index in [1.807, 2.05) is 0 Å². The highest BCUT2D eigenvalue weighted by atomic mass is 15.1. The van der Waals surface area contributed by atoms with Gasteiger partial charge in [-0.25, -0.2) is 0 Å². The molecule has 0 saturated heterocycles. The molecule has 0 amide bonds. The molecule has 0 fully saturated rings. The Kier molecular flexibility index (Phi) is 6.41. The van der Waals surface area contributed by atoms with Crippen LogP contribution >= 0.6 is 0 Å². The normalized spacial score (nSPS) is 14.2. The van der Waals surface area contributed by atoms with Gasteiger partial charge in [0, 0.05) is 30.0 Å². The number of aryl methyl sites for hydroxylation is 1. The van der Waals surface area contributed by atoms with Gasteiger partial charge in [-0.2, -0.15) is 4.57 Å². The van der Waals surface area contributed by atoms with Crippen LogP contribution in [0.3, 0.4) is 0 Å². The van der Waals surface area contributed by atoms with Gasteiger partial charge in [-0.3, -0.25) is 0 Å². The van der Waals surface area contributed by atoms with Crippen LogP contribution in [0.2, 0.25) is 0 Å². The zero-order valence-electron chi connectivity index (χ0n) is 19.5. The zero-order chi connectivity index (χ0) is 21.8. The Balaban J connectivity index is 1.95. The van der Waals surface area contributed by atoms with E-state index in [1.165, 1.54) is 64.8 Å². The van der Waals surface area contributed by atoms with Crippen LogP contribution in [0.4, 0.5) is 0 Å². The van der Waals surface area contributed by atoms with Gasteiger partial charge in [0.05, 0.1) is 5.56 Å². The molecule has 2 heterocycles. The summed E-state index contributed by atoms with van der Waals surface area (Å²) in [6.45, 7) is 11.5. The van der Waals surface area contributed by atoms with Gasteiger partial charge in [0.15, 0.2) is 11.7 Å². The van der Waals surface area contributed by atoms with Crippen LogP contribution in [0.5, 0.6) is 0 Å². The second kappa shape index (κ2) is 9.22. The third-order valence-corrected chi connectivity index (χ3v) is 7.28. The van der Waals surface area contributed by atoms with Gasteiger partial charge >= 0.3 is 0 Å². The lowest BCUT2D eigenvalue weighted by molar-refractivity contribution is -0.741. The number of aromatic nitrogens is 1. The molecular formula is C30H36N+. The standard InChI is InChI=1S/C30H36N/c1-5-8-9-11-18-25-21-29-27-20-15-14-19-26(27)23(4)30(6-2,7-3)31(29)22-28(25)24-16-12-10-13-17-24/h10,12-17,19-22H,4-9,11,18H2,1-3H3/q+1. The third kappa shape index (κ3) is 3.76. The van der Waals surface area contributed by atoms with Crippen molar-refractivity contribution in [3.05, 3.63) is 84.6 Å². The molecule has 0 atom stereocenters. The van der Waals surface area contributed by atoms with Crippen LogP contribution in [0, 0.1) is 0 Å². The number of rotatable bonds is 8. The average Bonchev–Trinajstić information content (AvgIpc) is 2.83. The molecule has 1 aliphatic heterocycles. The Bertz CT molecular complexity index is 1060. The minimum absolute atomic E-state index is 0.0754. The molecule has 2 aromatic carbocycles. The molecule has 3 aromatic rings. The van der Waals surface area contributed by atoms with E-state index in [2.05, 4.69) is 98.8 Å². The smallest absolute Gasteiger partial charge is 0.188 e. The highest BCUT2D eigenvalue weighted by molar-refractivity contribution is 5.83. The number of hydrogen-bond donors (Lipinski definition) is 0. The summed E-state index contributed by atoms with van der Waals surface area (Å²) in [5.74, 6) is 0. The summed E-state index contributed by atoms with van der Waals surface area (Å²) in [5, 5.41) is 0. The van der Waals surface area contributed by atoms with Crippen molar-refractivity contribution in [2.24, 2.45) is 0 Å². The van der Waals surface area contributed by atoms with E-state index >= 15 is 0 Å². The molecule has 0 spiro atoms. The van der Waals surface area contributed by atoms with E-state index in [9.17, 15) is 0 Å². The van der Waals surface area contributed by atoms with Gasteiger partial charge in [-0.05, 0) is 35.6 Å². The summed E-state index contributed by atoms with van der Waals surface area (Å²) in [4.78, 5) is 0. The minimum Gasteiger partial charge on any atom is -0.188 e. The van der Waals surface area contributed by atoms with E-state index < -0.39 is 0 Å². The Morgan fingerprint density at radius 1 is 0.774 bits per heavy atom. The van der Waals surface area contributed by atoms with Gasteiger partial charge in [0.1, 0.15) is 0 Å². The average molecular weight is 411 g/mol. The summed E-state index contributed by atoms with van der Waals surface area (Å²) in [6.07, 6.45) is 10.8. The molecule has 1 heteroatoms. The van der Waals surface area contributed by atoms with Crippen molar-refractivity contribution in [3.63, 3.8) is 0 Å². The number of allylic oxidation sites excluding steroid dienone is 1. The summed E-state index contributed by atoms with van der Waals surface area (Å²) >= 11 is 0. The van der Waals surface area contributed by atoms with E-state index in [0.29, 0.717) is 0 Å². The van der Waals surface area contributed by atoms with Crippen molar-refractivity contribution in [2.75, 3.05) is 0 Å². The second-order valence-electron chi connectivity index (χ2n) is 8.91. The highest BCUT2D eigenvalue weighted by Crippen LogP contribution is 2.44. The highest BCUT2D eigenvalue weighted by Gasteiger charge is 2.47. The fourth-order valence-corrected chi connectivity index (χ4v) is 5.37. The number of unbranched alkanes of at least 4 members (excludes halogenated alkanes) is 3. The van der Waals surface area contributed by atoms with Crippen LogP contribution in [-0.4, -0.2) is 0 Å². The second-order valence-corrected chi connectivity index (χ2v) is 8.91. The summed E-state index contributed by atoms with van der Waals surface area (Å²) < 4.78 is 2.55. The van der Waals surface area contributed by atoms with E-state index in [-0.39, 0.29) is 5.54 Å². The predicted molar refractivity (Wildman–Crippen MR) is 133 cm³/mol. The summed E-state index contributed by atoms with van der Waals surface area (Å²) in [6, 6.07) is 22.2. The molecule has 0 unspecified atom stereocenters. The van der Waals surface area contributed by atoms with Crippen LogP contribution in [0.1, 0.15) is 70.4 Å². The predicted octanol–water partition coefficient (Wildman–Crippen LogP) is 7.97. The van der Waals surface area contributed by atoms with Gasteiger partial charge in [-0.1, -0.05) is 95.1 Å². The SMILES string of the molecule is C=C1c2ccccc2-c2cc(CCCCCC)c(-c3ccccc3)c[n+]2C1(CC)CC. The summed E-state index contributed by atoms with van der Waals surface area (Å²) in [5.41, 5.74) is 9.31. The number of nitrogens with zero attached hydrogens (tertiary/aromatic N) is 1. The van der Waals surface area contributed by atoms with Gasteiger partial charge in [-0.15, -0.1) is 0 Å². The van der Waals surface area contributed by atoms with Crippen LogP contribution in [-0.2, 0) is 12.0 Å². The van der Waals surface area contributed by atoms with Crippen molar-refractivity contribution in [3.8, 4) is 22.4 Å². The van der Waals surface area contributed by atoms with E-state index in [1.54, 1.807) is 0 Å². The number of fused-ring (bicyclic) bond motifs is 3. The summed E-state index contributed by atoms with van der Waals surface area (Å²) in [7, 11) is 0. The first kappa shape index (κ1) is 21.6. The lowest BCUT2D eigenvalue weighted by Crippen LogP contribution is -2.59. The Morgan fingerprint density at radius 3 is 2.13 bits per heavy atom. The third-order valence-electron chi connectivity index (χ3n) is 7.28. The van der Waals surface area contributed by atoms with Gasteiger partial charge < -0.3 is 0 Å². The maximum atomic E-state index is 4.62. The molecule has 0 radical (unpaired) electrons. The minimum atomic E-state index is -0.0754. The van der Waals surface area contributed by atoms with Crippen molar-refractivity contribution >= 4 is 5.57 Å². The van der Waals surface area contributed by atoms with Crippen LogP contribution in [0.15, 0.2) is 73.4 Å². The molecule has 31 heavy (non-hydrogen) atoms. The quantitative estimate of drug-likeness (QED) is 0.262. The lowest BCUT2D eigenvalue weighted by Gasteiger charge is -2.35. The lowest BCUT2D eigenvalue weighted by atomic mass is 9.75. The molecule has 0 aliphatic carbocycles. The Morgan fingerprint density at radius 2 is 1.45 bits per heavy atom. The van der Waals surface area contributed by atoms with E-state index in [0.717, 1.165) is 19.3 Å². The largest absolute Gasteiger partial charge is 0.214 e. The molecule has 1 aliphatic rings. The number of pyridine rings is 1. The first-order valence-corrected chi connectivity index (χ1v) is 12.1. The maximum Gasteiger partial charge on any atom is 0.214 e. The molecule has 1 nitrogen and oxygen atoms in total. The molecule has 1 aromatic heterocycles. The van der Waals surface area contributed by atoms with Gasteiger partial charge in [0.25, 0.3) is 0 Å². The Labute approximate surface area is 188 Å². The number of hydrogen-bond acceptors (Lipinski definition) is 0. The van der Waals surface area contributed by atoms with E-state index in [4.69, 9.17) is 0 Å². The first-order valence-electron chi connectivity index (χ1n) is 12.1. The molecule has 160 valence electrons. The number of benzene rings is 2. The van der Waals surface area contributed by atoms with Crippen molar-refractivity contribution in [2.45, 2.75) is 71.3 Å². The monoisotopic (exact) mass is 410 g/mol. The van der Waals surface area contributed by atoms with Crippen LogP contribution < -0.4 is 4.57 Å². The zero-order valence-corrected chi connectivity index (χ0v) is 19.5.